The van der Waals surface area contributed by atoms with Crippen LogP contribution in [0.4, 0.5) is 5.82 Å². The van der Waals surface area contributed by atoms with Crippen LogP contribution in [0.3, 0.4) is 0 Å². The number of carbonyl (C=O) groups is 1. The number of rotatable bonds is 4. The number of hydrogen-bond acceptors (Lipinski definition) is 7. The average molecular weight is 436 g/mol. The zero-order valence-corrected chi connectivity index (χ0v) is 18.8. The van der Waals surface area contributed by atoms with Crippen LogP contribution < -0.4 is 10.2 Å². The number of fused-ring (bicyclic) bond motifs is 3. The summed E-state index contributed by atoms with van der Waals surface area (Å²) in [6.45, 7) is 8.06. The summed E-state index contributed by atoms with van der Waals surface area (Å²) in [6, 6.07) is 5.92. The van der Waals surface area contributed by atoms with Crippen molar-refractivity contribution in [2.45, 2.75) is 40.2 Å². The second-order valence-electron chi connectivity index (χ2n) is 8.23. The molecule has 1 N–H and O–H groups in total. The van der Waals surface area contributed by atoms with Gasteiger partial charge in [0.1, 0.15) is 28.5 Å². The molecule has 0 unspecified atom stereocenters. The zero-order chi connectivity index (χ0) is 21.5. The van der Waals surface area contributed by atoms with Crippen LogP contribution in [-0.2, 0) is 11.3 Å². The number of pyridine rings is 1. The van der Waals surface area contributed by atoms with Crippen LogP contribution in [0.2, 0.25) is 0 Å². The second kappa shape index (κ2) is 7.92. The van der Waals surface area contributed by atoms with E-state index in [4.69, 9.17) is 9.40 Å². The summed E-state index contributed by atoms with van der Waals surface area (Å²) < 4.78 is 6.62. The van der Waals surface area contributed by atoms with Crippen molar-refractivity contribution in [3.8, 4) is 0 Å². The van der Waals surface area contributed by atoms with E-state index in [1.807, 2.05) is 26.0 Å². The third-order valence-electron chi connectivity index (χ3n) is 5.93. The molecule has 4 aromatic rings. The number of amides is 1. The lowest BCUT2D eigenvalue weighted by atomic mass is 9.96. The van der Waals surface area contributed by atoms with Crippen molar-refractivity contribution in [1.82, 2.24) is 20.3 Å². The van der Waals surface area contributed by atoms with E-state index in [1.54, 1.807) is 17.7 Å². The van der Waals surface area contributed by atoms with Gasteiger partial charge in [-0.05, 0) is 57.4 Å². The van der Waals surface area contributed by atoms with Gasteiger partial charge in [-0.2, -0.15) is 0 Å². The summed E-state index contributed by atoms with van der Waals surface area (Å²) in [5.41, 5.74) is 3.19. The van der Waals surface area contributed by atoms with E-state index in [9.17, 15) is 4.79 Å². The molecule has 0 radical (unpaired) electrons. The molecule has 160 valence electrons. The molecule has 4 aromatic heterocycles. The Labute approximate surface area is 184 Å². The summed E-state index contributed by atoms with van der Waals surface area (Å²) in [4.78, 5) is 29.8. The van der Waals surface area contributed by atoms with Crippen LogP contribution in [0.15, 0.2) is 28.9 Å². The third-order valence-corrected chi connectivity index (χ3v) is 7.00. The van der Waals surface area contributed by atoms with Gasteiger partial charge in [0.25, 0.3) is 0 Å². The Balaban J connectivity index is 1.31. The molecule has 0 aliphatic carbocycles. The van der Waals surface area contributed by atoms with Crippen LogP contribution in [0.25, 0.3) is 20.4 Å². The maximum atomic E-state index is 12.6. The first-order valence-electron chi connectivity index (χ1n) is 10.6. The van der Waals surface area contributed by atoms with Gasteiger partial charge < -0.3 is 14.6 Å². The first kappa shape index (κ1) is 19.9. The minimum absolute atomic E-state index is 0.0126. The van der Waals surface area contributed by atoms with Crippen molar-refractivity contribution in [2.75, 3.05) is 18.0 Å². The Morgan fingerprint density at radius 2 is 2.03 bits per heavy atom. The van der Waals surface area contributed by atoms with Crippen molar-refractivity contribution in [2.24, 2.45) is 5.92 Å². The smallest absolute Gasteiger partial charge is 0.223 e. The minimum Gasteiger partial charge on any atom is -0.465 e. The predicted molar refractivity (Wildman–Crippen MR) is 122 cm³/mol. The van der Waals surface area contributed by atoms with Gasteiger partial charge in [0.05, 0.1) is 16.8 Å². The van der Waals surface area contributed by atoms with Gasteiger partial charge in [0, 0.05) is 30.1 Å². The van der Waals surface area contributed by atoms with Crippen molar-refractivity contribution in [3.63, 3.8) is 0 Å². The highest BCUT2D eigenvalue weighted by Gasteiger charge is 2.27. The zero-order valence-electron chi connectivity index (χ0n) is 17.9. The van der Waals surface area contributed by atoms with E-state index in [0.29, 0.717) is 6.54 Å². The molecule has 1 amide bonds. The molecule has 1 saturated heterocycles. The van der Waals surface area contributed by atoms with E-state index in [1.165, 1.54) is 5.56 Å². The third kappa shape index (κ3) is 3.76. The van der Waals surface area contributed by atoms with Gasteiger partial charge >= 0.3 is 0 Å². The van der Waals surface area contributed by atoms with Crippen molar-refractivity contribution >= 4 is 43.5 Å². The van der Waals surface area contributed by atoms with Crippen LogP contribution in [0, 0.1) is 26.7 Å². The molecule has 0 saturated carbocycles. The Morgan fingerprint density at radius 3 is 2.77 bits per heavy atom. The van der Waals surface area contributed by atoms with Gasteiger partial charge in [-0.25, -0.2) is 15.0 Å². The van der Waals surface area contributed by atoms with Gasteiger partial charge in [0.2, 0.25) is 5.91 Å². The fraction of sp³-hybridized carbons (Fsp3) is 0.391. The largest absolute Gasteiger partial charge is 0.465 e. The minimum atomic E-state index is 0.0126. The van der Waals surface area contributed by atoms with Crippen LogP contribution in [-0.4, -0.2) is 33.9 Å². The molecule has 7 nitrogen and oxygen atoms in total. The fourth-order valence-corrected chi connectivity index (χ4v) is 5.64. The molecule has 1 aliphatic heterocycles. The van der Waals surface area contributed by atoms with Gasteiger partial charge in [0.15, 0.2) is 0 Å². The number of nitrogens with one attached hydrogen (secondary N) is 1. The van der Waals surface area contributed by atoms with Crippen molar-refractivity contribution < 1.29 is 9.21 Å². The Bertz CT molecular complexity index is 1270. The van der Waals surface area contributed by atoms with Crippen LogP contribution in [0.5, 0.6) is 0 Å². The highest BCUT2D eigenvalue weighted by Crippen LogP contribution is 2.38. The van der Waals surface area contributed by atoms with Crippen molar-refractivity contribution in [3.05, 3.63) is 47.3 Å². The van der Waals surface area contributed by atoms with Gasteiger partial charge in [-0.3, -0.25) is 4.79 Å². The Kier molecular flexibility index (Phi) is 5.09. The summed E-state index contributed by atoms with van der Waals surface area (Å²) >= 11 is 1.66. The lowest BCUT2D eigenvalue weighted by Gasteiger charge is -2.32. The number of nitrogens with zero attached hydrogens (tertiary/aromatic N) is 4. The molecule has 5 heterocycles. The first-order chi connectivity index (χ1) is 15.0. The normalized spacial score (nSPS) is 15.1. The maximum absolute atomic E-state index is 12.6. The van der Waals surface area contributed by atoms with E-state index in [-0.39, 0.29) is 11.8 Å². The molecular formula is C23H25N5O2S. The quantitative estimate of drug-likeness (QED) is 0.515. The SMILES string of the molecule is Cc1cc(C)c2c(n1)sc1c(N3CCC(C(=O)NCc4ccc(C)o4)CC3)ncnc12. The summed E-state index contributed by atoms with van der Waals surface area (Å²) in [7, 11) is 0. The molecule has 8 heteroatoms. The molecule has 0 spiro atoms. The second-order valence-corrected chi connectivity index (χ2v) is 9.23. The molecule has 31 heavy (non-hydrogen) atoms. The molecule has 1 aliphatic rings. The highest BCUT2D eigenvalue weighted by molar-refractivity contribution is 7.26. The standard InChI is InChI=1S/C23H25N5O2S/c1-13-10-14(2)27-23-18(13)19-20(31-23)21(26-12-25-19)28-8-6-16(7-9-28)22(29)24-11-17-5-4-15(3)30-17/h4-5,10,12,16H,6-9,11H2,1-3H3,(H,24,29). The molecule has 0 atom stereocenters. The molecular weight excluding hydrogens is 410 g/mol. The molecule has 0 aromatic carbocycles. The van der Waals surface area contributed by atoms with Crippen LogP contribution in [0.1, 0.15) is 35.6 Å². The number of aromatic nitrogens is 3. The highest BCUT2D eigenvalue weighted by atomic mass is 32.1. The molecule has 1 fully saturated rings. The topological polar surface area (TPSA) is 84.2 Å². The summed E-state index contributed by atoms with van der Waals surface area (Å²) in [5.74, 6) is 2.71. The van der Waals surface area contributed by atoms with E-state index in [0.717, 1.165) is 69.4 Å². The number of thiophene rings is 1. The Hall–Kier alpha value is -3.00. The fourth-order valence-electron chi connectivity index (χ4n) is 4.38. The lowest BCUT2D eigenvalue weighted by Crippen LogP contribution is -2.40. The van der Waals surface area contributed by atoms with Crippen LogP contribution >= 0.6 is 11.3 Å². The van der Waals surface area contributed by atoms with E-state index in [2.05, 4.69) is 33.2 Å². The number of carbonyl (C=O) groups excluding carboxylic acids is 1. The van der Waals surface area contributed by atoms with Gasteiger partial charge in [-0.1, -0.05) is 0 Å². The summed E-state index contributed by atoms with van der Waals surface area (Å²) in [6.07, 6.45) is 3.25. The monoisotopic (exact) mass is 435 g/mol. The first-order valence-corrected chi connectivity index (χ1v) is 11.4. The van der Waals surface area contributed by atoms with Gasteiger partial charge in [-0.15, -0.1) is 11.3 Å². The molecule has 5 rings (SSSR count). The number of hydrogen-bond donors (Lipinski definition) is 1. The van der Waals surface area contributed by atoms with E-state index < -0.39 is 0 Å². The predicted octanol–water partition coefficient (Wildman–Crippen LogP) is 4.29. The number of anilines is 1. The number of piperidine rings is 1. The maximum Gasteiger partial charge on any atom is 0.223 e. The summed E-state index contributed by atoms with van der Waals surface area (Å²) in [5, 5.41) is 4.13. The van der Waals surface area contributed by atoms with Crippen molar-refractivity contribution in [1.29, 1.82) is 0 Å². The molecule has 0 bridgehead atoms. The number of furan rings is 1. The Morgan fingerprint density at radius 1 is 1.23 bits per heavy atom. The van der Waals surface area contributed by atoms with E-state index >= 15 is 0 Å². The lowest BCUT2D eigenvalue weighted by molar-refractivity contribution is -0.125. The number of aryl methyl sites for hydroxylation is 3. The average Bonchev–Trinajstić information content (AvgIpc) is 3.34.